The highest BCUT2D eigenvalue weighted by atomic mass is 16.7. The van der Waals surface area contributed by atoms with Gasteiger partial charge in [0.15, 0.2) is 6.29 Å². The predicted octanol–water partition coefficient (Wildman–Crippen LogP) is 1.19. The van der Waals surface area contributed by atoms with Crippen molar-refractivity contribution in [2.45, 2.75) is 128 Å². The molecule has 11 nitrogen and oxygen atoms in total. The Labute approximate surface area is 265 Å². The molecular formula is C34H54O11. The summed E-state index contributed by atoms with van der Waals surface area (Å²) >= 11 is 0. The van der Waals surface area contributed by atoms with Gasteiger partial charge in [-0.25, -0.2) is 0 Å². The number of carboxylic acid groups (broad SMARTS) is 1. The number of fused-ring (bicyclic) bond motifs is 7. The molecule has 0 bridgehead atoms. The van der Waals surface area contributed by atoms with Gasteiger partial charge in [0.05, 0.1) is 31.5 Å². The average Bonchev–Trinajstić information content (AvgIpc) is 2.98. The maximum atomic E-state index is 12.9. The van der Waals surface area contributed by atoms with Gasteiger partial charge in [0.2, 0.25) is 0 Å². The molecular weight excluding hydrogens is 584 g/mol. The van der Waals surface area contributed by atoms with Crippen LogP contribution in [0.25, 0.3) is 0 Å². The molecule has 11 heteroatoms. The van der Waals surface area contributed by atoms with Crippen LogP contribution >= 0.6 is 0 Å². The molecule has 7 unspecified atom stereocenters. The number of hydrogen-bond donors (Lipinski definition) is 8. The summed E-state index contributed by atoms with van der Waals surface area (Å²) in [5.74, 6) is -0.797. The second kappa shape index (κ2) is 11.5. The Hall–Kier alpha value is -1.15. The Balaban J connectivity index is 1.29. The van der Waals surface area contributed by atoms with Crippen molar-refractivity contribution in [1.29, 1.82) is 0 Å². The molecule has 4 saturated carbocycles. The molecule has 0 radical (unpaired) electrons. The third kappa shape index (κ3) is 4.90. The molecule has 6 rings (SSSR count). The molecule has 1 saturated heterocycles. The number of allylic oxidation sites excluding steroid dienone is 2. The zero-order chi connectivity index (χ0) is 32.9. The molecule has 16 atom stereocenters. The molecule has 0 amide bonds. The quantitative estimate of drug-likeness (QED) is 0.159. The third-order valence-corrected chi connectivity index (χ3v) is 13.9. The number of aliphatic carboxylic acids is 1. The van der Waals surface area contributed by atoms with Crippen LogP contribution in [0.2, 0.25) is 0 Å². The fourth-order valence-electron chi connectivity index (χ4n) is 11.3. The highest BCUT2D eigenvalue weighted by molar-refractivity contribution is 5.77. The predicted molar refractivity (Wildman–Crippen MR) is 160 cm³/mol. The second-order valence-corrected chi connectivity index (χ2v) is 16.6. The lowest BCUT2D eigenvalue weighted by Crippen LogP contribution is -2.66. The van der Waals surface area contributed by atoms with E-state index >= 15 is 0 Å². The summed E-state index contributed by atoms with van der Waals surface area (Å²) in [5.41, 5.74) is -1.31. The van der Waals surface area contributed by atoms with Crippen molar-refractivity contribution < 1.29 is 55.1 Å². The Morgan fingerprint density at radius 1 is 0.933 bits per heavy atom. The summed E-state index contributed by atoms with van der Waals surface area (Å²) < 4.78 is 11.8. The number of rotatable bonds is 5. The molecule has 45 heavy (non-hydrogen) atoms. The first-order chi connectivity index (χ1) is 21.1. The number of carbonyl (C=O) groups is 1. The van der Waals surface area contributed by atoms with E-state index < -0.39 is 72.4 Å². The molecule has 0 spiro atoms. The normalized spacial score (nSPS) is 54.1. The van der Waals surface area contributed by atoms with Gasteiger partial charge in [-0.1, -0.05) is 39.3 Å². The van der Waals surface area contributed by atoms with E-state index in [4.69, 9.17) is 9.47 Å². The van der Waals surface area contributed by atoms with Crippen LogP contribution in [-0.2, 0) is 14.3 Å². The summed E-state index contributed by atoms with van der Waals surface area (Å²) in [5, 5.41) is 85.5. The number of hydrogen-bond acceptors (Lipinski definition) is 10. The van der Waals surface area contributed by atoms with E-state index in [1.807, 2.05) is 6.92 Å². The van der Waals surface area contributed by atoms with Crippen LogP contribution in [0, 0.1) is 51.2 Å². The largest absolute Gasteiger partial charge is 0.481 e. The van der Waals surface area contributed by atoms with Crippen LogP contribution < -0.4 is 0 Å². The van der Waals surface area contributed by atoms with Gasteiger partial charge in [-0.05, 0) is 91.8 Å². The van der Waals surface area contributed by atoms with Crippen molar-refractivity contribution in [1.82, 2.24) is 0 Å². The second-order valence-electron chi connectivity index (χ2n) is 16.6. The van der Waals surface area contributed by atoms with Gasteiger partial charge in [-0.15, -0.1) is 0 Å². The molecule has 1 heterocycles. The Morgan fingerprint density at radius 2 is 1.62 bits per heavy atom. The van der Waals surface area contributed by atoms with Gasteiger partial charge in [0.1, 0.15) is 29.8 Å². The van der Waals surface area contributed by atoms with Crippen LogP contribution in [0.1, 0.15) is 79.1 Å². The maximum Gasteiger partial charge on any atom is 0.312 e. The summed E-state index contributed by atoms with van der Waals surface area (Å²) in [7, 11) is 0. The third-order valence-electron chi connectivity index (χ3n) is 13.9. The molecule has 0 aromatic heterocycles. The zero-order valence-corrected chi connectivity index (χ0v) is 27.0. The minimum absolute atomic E-state index is 0.0245. The van der Waals surface area contributed by atoms with Crippen molar-refractivity contribution in [2.75, 3.05) is 13.2 Å². The number of aliphatic hydroxyl groups is 7. The Bertz CT molecular complexity index is 1170. The van der Waals surface area contributed by atoms with Crippen LogP contribution in [0.15, 0.2) is 11.6 Å². The first kappa shape index (κ1) is 33.7. The van der Waals surface area contributed by atoms with Crippen molar-refractivity contribution in [2.24, 2.45) is 51.2 Å². The average molecular weight is 639 g/mol. The van der Waals surface area contributed by atoms with Gasteiger partial charge < -0.3 is 50.3 Å². The fraction of sp³-hybridized carbons (Fsp3) is 0.912. The van der Waals surface area contributed by atoms with Gasteiger partial charge in [-0.3, -0.25) is 4.79 Å². The van der Waals surface area contributed by atoms with E-state index in [9.17, 15) is 45.6 Å². The van der Waals surface area contributed by atoms with Gasteiger partial charge in [-0.2, -0.15) is 0 Å². The first-order valence-corrected chi connectivity index (χ1v) is 16.9. The summed E-state index contributed by atoms with van der Waals surface area (Å²) in [6.45, 7) is 7.58. The van der Waals surface area contributed by atoms with E-state index in [0.29, 0.717) is 19.3 Å². The van der Waals surface area contributed by atoms with Crippen LogP contribution in [0.4, 0.5) is 0 Å². The minimum Gasteiger partial charge on any atom is -0.481 e. The molecule has 0 aromatic rings. The SMILES string of the molecule is CC1(C)CC[C@@]2(C(=O)O)C(C1)C1=CCC3C4C[C@H](O)[C@H](O[C@@H]5OC(CO)[C@@H](O)C(O)[C@@H]5O)[C@@](C)(CO)C4CCC3[C@]1(C)C[C@H]2O. The molecule has 256 valence electrons. The zero-order valence-electron chi connectivity index (χ0n) is 27.0. The standard InChI is InChI=1S/C34H54O11/c1-31(2)9-10-34(30(42)43)21(12-31)20-6-5-16-17-11-22(37)28(45-29-27(41)26(40)25(39)23(14-35)44-29)33(4,15-36)19(17)8-7-18(16)32(20,3)13-24(34)38/h6,16-19,21-29,35-41H,5,7-15H2,1-4H3,(H,42,43)/t16?,17?,18?,19?,21?,22-,23?,24+,25+,26?,27-,28-,29-,32-,33-,34+/m0/s1. The van der Waals surface area contributed by atoms with Crippen LogP contribution in [0.3, 0.4) is 0 Å². The Kier molecular flexibility index (Phi) is 8.61. The van der Waals surface area contributed by atoms with E-state index in [0.717, 1.165) is 32.1 Å². The highest BCUT2D eigenvalue weighted by Gasteiger charge is 2.67. The molecule has 6 aliphatic rings. The lowest BCUT2D eigenvalue weighted by Gasteiger charge is -2.65. The lowest BCUT2D eigenvalue weighted by molar-refractivity contribution is -0.338. The summed E-state index contributed by atoms with van der Waals surface area (Å²) in [6, 6.07) is 0. The smallest absolute Gasteiger partial charge is 0.312 e. The maximum absolute atomic E-state index is 12.9. The topological polar surface area (TPSA) is 197 Å². The Morgan fingerprint density at radius 3 is 2.27 bits per heavy atom. The van der Waals surface area contributed by atoms with Crippen molar-refractivity contribution in [3.8, 4) is 0 Å². The summed E-state index contributed by atoms with van der Waals surface area (Å²) in [6.07, 6.45) is -2.96. The fourth-order valence-corrected chi connectivity index (χ4v) is 11.3. The lowest BCUT2D eigenvalue weighted by atomic mass is 9.40. The van der Waals surface area contributed by atoms with Crippen LogP contribution in [0.5, 0.6) is 0 Å². The van der Waals surface area contributed by atoms with E-state index in [-0.39, 0.29) is 47.0 Å². The first-order valence-electron chi connectivity index (χ1n) is 16.9. The van der Waals surface area contributed by atoms with Gasteiger partial charge in [0.25, 0.3) is 0 Å². The van der Waals surface area contributed by atoms with Gasteiger partial charge >= 0.3 is 5.97 Å². The molecule has 5 aliphatic carbocycles. The van der Waals surface area contributed by atoms with Crippen molar-refractivity contribution in [3.63, 3.8) is 0 Å². The number of carboxylic acids is 1. The molecule has 5 fully saturated rings. The number of ether oxygens (including phenoxy) is 2. The van der Waals surface area contributed by atoms with Crippen molar-refractivity contribution in [3.05, 3.63) is 11.6 Å². The highest BCUT2D eigenvalue weighted by Crippen LogP contribution is 2.69. The van der Waals surface area contributed by atoms with Crippen molar-refractivity contribution >= 4 is 5.97 Å². The van der Waals surface area contributed by atoms with Gasteiger partial charge in [0, 0.05) is 5.41 Å². The number of aliphatic hydroxyl groups excluding tert-OH is 7. The minimum atomic E-state index is -1.62. The van der Waals surface area contributed by atoms with Crippen LogP contribution in [-0.4, -0.2) is 109 Å². The van der Waals surface area contributed by atoms with E-state index in [2.05, 4.69) is 26.8 Å². The summed E-state index contributed by atoms with van der Waals surface area (Å²) in [4.78, 5) is 12.9. The molecule has 0 aromatic carbocycles. The van der Waals surface area contributed by atoms with E-state index in [1.54, 1.807) is 0 Å². The monoisotopic (exact) mass is 638 g/mol. The van der Waals surface area contributed by atoms with E-state index in [1.165, 1.54) is 5.57 Å². The molecule has 8 N–H and O–H groups in total. The molecule has 1 aliphatic heterocycles.